The molecule has 0 aliphatic heterocycles. The molecule has 0 bridgehead atoms. The molecule has 6 heteroatoms. The van der Waals surface area contributed by atoms with Gasteiger partial charge in [0, 0.05) is 25.9 Å². The standard InChI is InChI=1S/C16H27N3O3/c1-11(2)6-7-16(4,22)10-17-15(21)18-13-9-19(5)14(20)8-12(13)3/h8-9,11,22H,6-7,10H2,1-5H3,(H2,17,18,21). The predicted octanol–water partition coefficient (Wildman–Crippen LogP) is 2.00. The van der Waals surface area contributed by atoms with E-state index in [4.69, 9.17) is 0 Å². The number of aryl methyl sites for hydroxylation is 2. The minimum absolute atomic E-state index is 0.125. The van der Waals surface area contributed by atoms with Gasteiger partial charge in [-0.1, -0.05) is 13.8 Å². The number of carbonyl (C=O) groups is 1. The van der Waals surface area contributed by atoms with E-state index in [1.165, 1.54) is 10.6 Å². The van der Waals surface area contributed by atoms with Gasteiger partial charge >= 0.3 is 6.03 Å². The van der Waals surface area contributed by atoms with Crippen molar-refractivity contribution in [3.05, 3.63) is 28.2 Å². The number of pyridine rings is 1. The number of nitrogens with zero attached hydrogens (tertiary/aromatic N) is 1. The highest BCUT2D eigenvalue weighted by atomic mass is 16.3. The van der Waals surface area contributed by atoms with Gasteiger partial charge in [0.05, 0.1) is 11.3 Å². The van der Waals surface area contributed by atoms with Crippen LogP contribution in [0.25, 0.3) is 0 Å². The molecular weight excluding hydrogens is 282 g/mol. The van der Waals surface area contributed by atoms with E-state index in [1.54, 1.807) is 27.1 Å². The summed E-state index contributed by atoms with van der Waals surface area (Å²) in [5.41, 5.74) is 0.214. The molecule has 1 unspecified atom stereocenters. The van der Waals surface area contributed by atoms with Gasteiger partial charge in [-0.3, -0.25) is 4.79 Å². The number of hydrogen-bond acceptors (Lipinski definition) is 3. The number of aliphatic hydroxyl groups is 1. The number of amides is 2. The lowest BCUT2D eigenvalue weighted by Gasteiger charge is -2.24. The number of hydrogen-bond donors (Lipinski definition) is 3. The largest absolute Gasteiger partial charge is 0.388 e. The lowest BCUT2D eigenvalue weighted by molar-refractivity contribution is 0.0481. The number of anilines is 1. The van der Waals surface area contributed by atoms with Gasteiger partial charge in [-0.2, -0.15) is 0 Å². The summed E-state index contributed by atoms with van der Waals surface area (Å²) in [6.45, 7) is 7.84. The van der Waals surface area contributed by atoms with Crippen LogP contribution in [0, 0.1) is 12.8 Å². The molecule has 0 radical (unpaired) electrons. The third kappa shape index (κ3) is 5.89. The van der Waals surface area contributed by atoms with Crippen molar-refractivity contribution >= 4 is 11.7 Å². The van der Waals surface area contributed by atoms with E-state index in [9.17, 15) is 14.7 Å². The first-order valence-corrected chi connectivity index (χ1v) is 7.55. The second-order valence-electron chi connectivity index (χ2n) is 6.56. The summed E-state index contributed by atoms with van der Waals surface area (Å²) in [5, 5.41) is 15.6. The second kappa shape index (κ2) is 7.45. The molecule has 2 amide bonds. The fourth-order valence-corrected chi connectivity index (χ4v) is 1.98. The third-order valence-electron chi connectivity index (χ3n) is 3.57. The van der Waals surface area contributed by atoms with Gasteiger partial charge in [-0.05, 0) is 38.2 Å². The van der Waals surface area contributed by atoms with E-state index < -0.39 is 11.6 Å². The van der Waals surface area contributed by atoms with E-state index in [0.29, 0.717) is 23.6 Å². The molecule has 1 aromatic heterocycles. The second-order valence-corrected chi connectivity index (χ2v) is 6.56. The molecule has 22 heavy (non-hydrogen) atoms. The maximum Gasteiger partial charge on any atom is 0.319 e. The quantitative estimate of drug-likeness (QED) is 0.751. The van der Waals surface area contributed by atoms with Crippen LogP contribution >= 0.6 is 0 Å². The highest BCUT2D eigenvalue weighted by molar-refractivity contribution is 5.89. The van der Waals surface area contributed by atoms with Crippen LogP contribution in [0.1, 0.15) is 39.2 Å². The SMILES string of the molecule is Cc1cc(=O)n(C)cc1NC(=O)NCC(C)(O)CCC(C)C. The smallest absolute Gasteiger partial charge is 0.319 e. The molecule has 0 saturated carbocycles. The summed E-state index contributed by atoms with van der Waals surface area (Å²) in [4.78, 5) is 23.4. The van der Waals surface area contributed by atoms with Crippen molar-refractivity contribution in [3.63, 3.8) is 0 Å². The Kier molecular flexibility index (Phi) is 6.17. The maximum atomic E-state index is 11.9. The van der Waals surface area contributed by atoms with Gasteiger partial charge in [-0.25, -0.2) is 4.79 Å². The van der Waals surface area contributed by atoms with Crippen molar-refractivity contribution in [2.45, 2.75) is 46.1 Å². The van der Waals surface area contributed by atoms with Crippen molar-refractivity contribution in [2.75, 3.05) is 11.9 Å². The minimum Gasteiger partial charge on any atom is -0.388 e. The summed E-state index contributed by atoms with van der Waals surface area (Å²) >= 11 is 0. The first kappa shape index (κ1) is 18.2. The monoisotopic (exact) mass is 309 g/mol. The molecule has 0 fully saturated rings. The Bertz CT molecular complexity index is 576. The van der Waals surface area contributed by atoms with Crippen LogP contribution in [0.3, 0.4) is 0 Å². The Balaban J connectivity index is 2.57. The number of urea groups is 1. The summed E-state index contributed by atoms with van der Waals surface area (Å²) in [6, 6.07) is 1.07. The molecule has 0 aliphatic rings. The van der Waals surface area contributed by atoms with Crippen LogP contribution < -0.4 is 16.2 Å². The molecule has 124 valence electrons. The van der Waals surface area contributed by atoms with Crippen molar-refractivity contribution < 1.29 is 9.90 Å². The third-order valence-corrected chi connectivity index (χ3v) is 3.57. The zero-order chi connectivity index (χ0) is 16.9. The predicted molar refractivity (Wildman–Crippen MR) is 88.1 cm³/mol. The lowest BCUT2D eigenvalue weighted by Crippen LogP contribution is -2.42. The Morgan fingerprint density at radius 2 is 2.09 bits per heavy atom. The molecule has 0 aliphatic carbocycles. The number of rotatable bonds is 6. The molecule has 1 heterocycles. The number of nitrogens with one attached hydrogen (secondary N) is 2. The van der Waals surface area contributed by atoms with Gasteiger partial charge in [-0.15, -0.1) is 0 Å². The fraction of sp³-hybridized carbons (Fsp3) is 0.625. The Hall–Kier alpha value is -1.82. The van der Waals surface area contributed by atoms with Crippen molar-refractivity contribution in [1.82, 2.24) is 9.88 Å². The van der Waals surface area contributed by atoms with Crippen LogP contribution in [0.4, 0.5) is 10.5 Å². The Labute approximate surface area is 131 Å². The molecule has 0 spiro atoms. The Morgan fingerprint density at radius 3 is 2.68 bits per heavy atom. The average molecular weight is 309 g/mol. The van der Waals surface area contributed by atoms with Gasteiger partial charge < -0.3 is 20.3 Å². The first-order chi connectivity index (χ1) is 10.1. The summed E-state index contributed by atoms with van der Waals surface area (Å²) in [7, 11) is 1.63. The maximum absolute atomic E-state index is 11.9. The first-order valence-electron chi connectivity index (χ1n) is 7.55. The normalized spacial score (nSPS) is 13.8. The van der Waals surface area contributed by atoms with Crippen LogP contribution in [0.5, 0.6) is 0 Å². The van der Waals surface area contributed by atoms with Crippen LogP contribution in [0.2, 0.25) is 0 Å². The highest BCUT2D eigenvalue weighted by Gasteiger charge is 2.21. The van der Waals surface area contributed by atoms with E-state index in [0.717, 1.165) is 6.42 Å². The van der Waals surface area contributed by atoms with Crippen molar-refractivity contribution in [1.29, 1.82) is 0 Å². The van der Waals surface area contributed by atoms with Crippen molar-refractivity contribution in [2.24, 2.45) is 13.0 Å². The molecule has 3 N–H and O–H groups in total. The Morgan fingerprint density at radius 1 is 1.45 bits per heavy atom. The molecule has 0 saturated heterocycles. The van der Waals surface area contributed by atoms with Gasteiger partial charge in [0.25, 0.3) is 5.56 Å². The minimum atomic E-state index is -0.930. The topological polar surface area (TPSA) is 83.4 Å². The molecule has 1 atom stereocenters. The summed E-state index contributed by atoms with van der Waals surface area (Å²) in [5.74, 6) is 0.508. The van der Waals surface area contributed by atoms with E-state index in [2.05, 4.69) is 24.5 Å². The number of carbonyl (C=O) groups excluding carboxylic acids is 1. The zero-order valence-corrected chi connectivity index (χ0v) is 14.1. The van der Waals surface area contributed by atoms with E-state index in [1.807, 2.05) is 0 Å². The summed E-state index contributed by atoms with van der Waals surface area (Å²) < 4.78 is 1.40. The molecule has 1 aromatic rings. The molecule has 1 rings (SSSR count). The highest BCUT2D eigenvalue weighted by Crippen LogP contribution is 2.16. The van der Waals surface area contributed by atoms with E-state index >= 15 is 0 Å². The van der Waals surface area contributed by atoms with Crippen LogP contribution in [-0.4, -0.2) is 27.9 Å². The molecular formula is C16H27N3O3. The fourth-order valence-electron chi connectivity index (χ4n) is 1.98. The summed E-state index contributed by atoms with van der Waals surface area (Å²) in [6.07, 6.45) is 3.11. The average Bonchev–Trinajstić information content (AvgIpc) is 2.41. The van der Waals surface area contributed by atoms with Crippen LogP contribution in [0.15, 0.2) is 17.1 Å². The van der Waals surface area contributed by atoms with Crippen LogP contribution in [-0.2, 0) is 7.05 Å². The van der Waals surface area contributed by atoms with Gasteiger partial charge in [0.15, 0.2) is 0 Å². The zero-order valence-electron chi connectivity index (χ0n) is 14.1. The van der Waals surface area contributed by atoms with Gasteiger partial charge in [0.1, 0.15) is 0 Å². The van der Waals surface area contributed by atoms with E-state index in [-0.39, 0.29) is 12.1 Å². The van der Waals surface area contributed by atoms with Gasteiger partial charge in [0.2, 0.25) is 0 Å². The van der Waals surface area contributed by atoms with Crippen molar-refractivity contribution in [3.8, 4) is 0 Å². The number of aromatic nitrogens is 1. The molecule has 6 nitrogen and oxygen atoms in total. The lowest BCUT2D eigenvalue weighted by atomic mass is 9.95. The molecule has 0 aromatic carbocycles.